The molecule has 1 aromatic rings. The molecule has 0 bridgehead atoms. The number of sulfonamides is 1. The highest BCUT2D eigenvalue weighted by Gasteiger charge is 2.32. The first-order chi connectivity index (χ1) is 9.23. The lowest BCUT2D eigenvalue weighted by atomic mass is 10.3. The van der Waals surface area contributed by atoms with Gasteiger partial charge in [0.2, 0.25) is 10.0 Å². The fourth-order valence-corrected chi connectivity index (χ4v) is 5.48. The van der Waals surface area contributed by atoms with Crippen LogP contribution in [0.2, 0.25) is 0 Å². The van der Waals surface area contributed by atoms with Crippen LogP contribution in [-0.2, 0) is 26.4 Å². The second-order valence-corrected chi connectivity index (χ2v) is 8.80. The second-order valence-electron chi connectivity index (χ2n) is 4.88. The molecule has 20 heavy (non-hydrogen) atoms. The summed E-state index contributed by atoms with van der Waals surface area (Å²) in [5, 5.41) is 2.87. The van der Waals surface area contributed by atoms with E-state index in [0.29, 0.717) is 24.5 Å². The Morgan fingerprint density at radius 3 is 2.70 bits per heavy atom. The summed E-state index contributed by atoms with van der Waals surface area (Å²) < 4.78 is 55.0. The van der Waals surface area contributed by atoms with E-state index >= 15 is 0 Å². The molecule has 7 nitrogen and oxygen atoms in total. The van der Waals surface area contributed by atoms with E-state index in [2.05, 4.69) is 10.0 Å². The van der Waals surface area contributed by atoms with Gasteiger partial charge in [-0.15, -0.1) is 0 Å². The first-order valence-corrected chi connectivity index (χ1v) is 9.50. The predicted octanol–water partition coefficient (Wildman–Crippen LogP) is -0.227. The topological polar surface area (TPSA) is 105 Å². The van der Waals surface area contributed by atoms with Crippen LogP contribution in [0.15, 0.2) is 15.4 Å². The number of sulfone groups is 1. The van der Waals surface area contributed by atoms with Crippen molar-refractivity contribution in [2.75, 3.05) is 18.6 Å². The fraction of sp³-hybridized carbons (Fsp3) is 0.636. The minimum absolute atomic E-state index is 0.0234. The summed E-state index contributed by atoms with van der Waals surface area (Å²) in [4.78, 5) is 0.0621. The van der Waals surface area contributed by atoms with Gasteiger partial charge in [0.25, 0.3) is 0 Å². The van der Waals surface area contributed by atoms with Crippen molar-refractivity contribution in [3.8, 4) is 0 Å². The van der Waals surface area contributed by atoms with Crippen molar-refractivity contribution in [2.45, 2.75) is 30.8 Å². The maximum Gasteiger partial charge on any atom is 0.244 e. The zero-order valence-electron chi connectivity index (χ0n) is 11.3. The monoisotopic (exact) mass is 322 g/mol. The predicted molar refractivity (Wildman–Crippen MR) is 73.6 cm³/mol. The van der Waals surface area contributed by atoms with Gasteiger partial charge in [-0.2, -0.15) is 0 Å². The molecule has 1 fully saturated rings. The van der Waals surface area contributed by atoms with E-state index in [-0.39, 0.29) is 16.4 Å². The molecular formula is C11H18N2O5S2. The van der Waals surface area contributed by atoms with Gasteiger partial charge in [-0.1, -0.05) is 0 Å². The van der Waals surface area contributed by atoms with Crippen molar-refractivity contribution in [1.82, 2.24) is 10.0 Å². The van der Waals surface area contributed by atoms with Crippen LogP contribution in [0.4, 0.5) is 0 Å². The summed E-state index contributed by atoms with van der Waals surface area (Å²) in [5.74, 6) is 0.690. The van der Waals surface area contributed by atoms with Gasteiger partial charge in [-0.25, -0.2) is 21.6 Å². The summed E-state index contributed by atoms with van der Waals surface area (Å²) in [6, 6.07) is 0.893. The molecule has 9 heteroatoms. The lowest BCUT2D eigenvalue weighted by Gasteiger charge is -2.10. The number of nitrogens with one attached hydrogen (secondary N) is 2. The SMILES string of the molecule is CNCc1cc(S(=O)(=O)NC2CCS(=O)(=O)C2)c(C)o1. The smallest absolute Gasteiger partial charge is 0.244 e. The van der Waals surface area contributed by atoms with E-state index in [1.807, 2.05) is 0 Å². The van der Waals surface area contributed by atoms with Crippen molar-refractivity contribution in [2.24, 2.45) is 0 Å². The third-order valence-electron chi connectivity index (χ3n) is 3.12. The molecule has 0 amide bonds. The zero-order chi connectivity index (χ0) is 15.0. The number of rotatable bonds is 5. The Hall–Kier alpha value is -0.900. The molecule has 0 saturated carbocycles. The Morgan fingerprint density at radius 2 is 2.15 bits per heavy atom. The Balaban J connectivity index is 2.18. The molecule has 2 rings (SSSR count). The van der Waals surface area contributed by atoms with E-state index < -0.39 is 25.9 Å². The van der Waals surface area contributed by atoms with Gasteiger partial charge in [0.1, 0.15) is 16.4 Å². The molecule has 1 aliphatic rings. The van der Waals surface area contributed by atoms with E-state index in [4.69, 9.17) is 4.42 Å². The maximum atomic E-state index is 12.3. The Bertz CT molecular complexity index is 690. The molecule has 2 heterocycles. The van der Waals surface area contributed by atoms with Crippen LogP contribution in [0.25, 0.3) is 0 Å². The van der Waals surface area contributed by atoms with Gasteiger partial charge in [-0.05, 0) is 20.4 Å². The van der Waals surface area contributed by atoms with Gasteiger partial charge in [-0.3, -0.25) is 0 Å². The maximum absolute atomic E-state index is 12.3. The quantitative estimate of drug-likeness (QED) is 0.776. The highest BCUT2D eigenvalue weighted by molar-refractivity contribution is 7.92. The highest BCUT2D eigenvalue weighted by Crippen LogP contribution is 2.22. The van der Waals surface area contributed by atoms with Crippen LogP contribution in [0.3, 0.4) is 0 Å². The molecule has 0 radical (unpaired) electrons. The molecule has 1 atom stereocenters. The molecule has 1 aliphatic heterocycles. The molecule has 0 aromatic carbocycles. The van der Waals surface area contributed by atoms with E-state index in [9.17, 15) is 16.8 Å². The Labute approximate surface area is 118 Å². The van der Waals surface area contributed by atoms with Gasteiger partial charge in [0, 0.05) is 12.1 Å². The first-order valence-electron chi connectivity index (χ1n) is 6.20. The van der Waals surface area contributed by atoms with Crippen LogP contribution in [0.5, 0.6) is 0 Å². The third-order valence-corrected chi connectivity index (χ3v) is 6.51. The second kappa shape index (κ2) is 5.47. The van der Waals surface area contributed by atoms with Gasteiger partial charge < -0.3 is 9.73 Å². The summed E-state index contributed by atoms with van der Waals surface area (Å²) in [6.07, 6.45) is 0.307. The van der Waals surface area contributed by atoms with Crippen molar-refractivity contribution in [1.29, 1.82) is 0 Å². The minimum Gasteiger partial charge on any atom is -0.464 e. The van der Waals surface area contributed by atoms with Gasteiger partial charge in [0.05, 0.1) is 18.1 Å². The number of hydrogen-bond acceptors (Lipinski definition) is 6. The number of aryl methyl sites for hydroxylation is 1. The summed E-state index contributed by atoms with van der Waals surface area (Å²) in [6.45, 7) is 1.99. The standard InChI is InChI=1S/C11H18N2O5S2/c1-8-11(5-10(18-8)6-12-2)20(16,17)13-9-3-4-19(14,15)7-9/h5,9,12-13H,3-4,6-7H2,1-2H3. The molecule has 0 spiro atoms. The van der Waals surface area contributed by atoms with Gasteiger partial charge >= 0.3 is 0 Å². The number of furan rings is 1. The molecule has 2 N–H and O–H groups in total. The normalized spacial score (nSPS) is 22.2. The van der Waals surface area contributed by atoms with Crippen molar-refractivity contribution < 1.29 is 21.3 Å². The lowest BCUT2D eigenvalue weighted by molar-refractivity contribution is 0.465. The summed E-state index contributed by atoms with van der Waals surface area (Å²) in [5.41, 5.74) is 0. The third kappa shape index (κ3) is 3.40. The molecule has 114 valence electrons. The zero-order valence-corrected chi connectivity index (χ0v) is 13.0. The van der Waals surface area contributed by atoms with Crippen LogP contribution in [0.1, 0.15) is 17.9 Å². The lowest BCUT2D eigenvalue weighted by Crippen LogP contribution is -2.35. The highest BCUT2D eigenvalue weighted by atomic mass is 32.2. The van der Waals surface area contributed by atoms with Crippen molar-refractivity contribution in [3.63, 3.8) is 0 Å². The van der Waals surface area contributed by atoms with Crippen LogP contribution in [-0.4, -0.2) is 41.4 Å². The van der Waals surface area contributed by atoms with Crippen LogP contribution >= 0.6 is 0 Å². The summed E-state index contributed by atoms with van der Waals surface area (Å²) >= 11 is 0. The minimum atomic E-state index is -3.76. The Kier molecular flexibility index (Phi) is 4.24. The van der Waals surface area contributed by atoms with Crippen molar-refractivity contribution >= 4 is 19.9 Å². The summed E-state index contributed by atoms with van der Waals surface area (Å²) in [7, 11) is -5.15. The average molecular weight is 322 g/mol. The molecule has 1 saturated heterocycles. The number of hydrogen-bond donors (Lipinski definition) is 2. The fourth-order valence-electron chi connectivity index (χ4n) is 2.22. The molecule has 0 aliphatic carbocycles. The van der Waals surface area contributed by atoms with Crippen molar-refractivity contribution in [3.05, 3.63) is 17.6 Å². The molecule has 1 unspecified atom stereocenters. The molecule has 1 aromatic heterocycles. The largest absolute Gasteiger partial charge is 0.464 e. The Morgan fingerprint density at radius 1 is 1.45 bits per heavy atom. The van der Waals surface area contributed by atoms with E-state index in [0.717, 1.165) is 0 Å². The van der Waals surface area contributed by atoms with E-state index in [1.54, 1.807) is 14.0 Å². The first kappa shape index (κ1) is 15.5. The average Bonchev–Trinajstić information content (AvgIpc) is 2.82. The van der Waals surface area contributed by atoms with Gasteiger partial charge in [0.15, 0.2) is 9.84 Å². The van der Waals surface area contributed by atoms with Crippen LogP contribution < -0.4 is 10.0 Å². The van der Waals surface area contributed by atoms with Crippen LogP contribution in [0, 0.1) is 6.92 Å². The van der Waals surface area contributed by atoms with E-state index in [1.165, 1.54) is 6.07 Å². The molecular weight excluding hydrogens is 304 g/mol.